The Morgan fingerprint density at radius 1 is 1.15 bits per heavy atom. The summed E-state index contributed by atoms with van der Waals surface area (Å²) in [5.41, 5.74) is 2.42. The zero-order chi connectivity index (χ0) is 14.1. The first-order chi connectivity index (χ1) is 9.61. The van der Waals surface area contributed by atoms with Gasteiger partial charge < -0.3 is 10.6 Å². The Labute approximate surface area is 126 Å². The number of hydrogen-bond acceptors (Lipinski definition) is 1. The molecule has 0 unspecified atom stereocenters. The first kappa shape index (κ1) is 13.6. The summed E-state index contributed by atoms with van der Waals surface area (Å²) >= 11 is 5.43. The average molecular weight is 286 g/mol. The molecule has 3 atom stereocenters. The maximum atomic E-state index is 5.43. The third-order valence-corrected chi connectivity index (χ3v) is 4.65. The lowest BCUT2D eigenvalue weighted by atomic mass is 10.0. The molecule has 1 fully saturated rings. The van der Waals surface area contributed by atoms with E-state index in [4.69, 9.17) is 12.2 Å². The van der Waals surface area contributed by atoms with Crippen molar-refractivity contribution in [2.45, 2.75) is 38.6 Å². The van der Waals surface area contributed by atoms with Crippen LogP contribution >= 0.6 is 12.2 Å². The van der Waals surface area contributed by atoms with Crippen molar-refractivity contribution in [2.24, 2.45) is 11.8 Å². The predicted molar refractivity (Wildman–Crippen MR) is 89.0 cm³/mol. The van der Waals surface area contributed by atoms with Crippen LogP contribution in [0.25, 0.3) is 0 Å². The zero-order valence-electron chi connectivity index (χ0n) is 12.1. The van der Waals surface area contributed by atoms with Gasteiger partial charge in [-0.15, -0.1) is 0 Å². The van der Waals surface area contributed by atoms with Crippen molar-refractivity contribution in [3.05, 3.63) is 42.0 Å². The van der Waals surface area contributed by atoms with Crippen LogP contribution in [0.1, 0.15) is 38.2 Å². The standard InChI is InChI=1S/C17H22N2S/c1-11(2)13-5-7-15(8-6-13)18-17(20)19-16-10-12-3-4-14(16)9-12/h3-8,11-12,14,16H,9-10H2,1-2H3,(H2,18,19,20)/t12-,14-,16-/m1/s1. The van der Waals surface area contributed by atoms with Crippen LogP contribution in [0.15, 0.2) is 36.4 Å². The molecule has 1 aromatic carbocycles. The number of rotatable bonds is 3. The van der Waals surface area contributed by atoms with Gasteiger partial charge in [-0.1, -0.05) is 38.1 Å². The Kier molecular flexibility index (Phi) is 3.79. The van der Waals surface area contributed by atoms with E-state index in [1.165, 1.54) is 18.4 Å². The summed E-state index contributed by atoms with van der Waals surface area (Å²) in [4.78, 5) is 0. The van der Waals surface area contributed by atoms with Crippen molar-refractivity contribution in [1.82, 2.24) is 5.32 Å². The summed E-state index contributed by atoms with van der Waals surface area (Å²) < 4.78 is 0. The molecule has 3 rings (SSSR count). The lowest BCUT2D eigenvalue weighted by Crippen LogP contribution is -2.40. The Morgan fingerprint density at radius 2 is 1.90 bits per heavy atom. The van der Waals surface area contributed by atoms with Crippen molar-refractivity contribution in [3.63, 3.8) is 0 Å². The Morgan fingerprint density at radius 3 is 2.45 bits per heavy atom. The fraction of sp³-hybridized carbons (Fsp3) is 0.471. The third-order valence-electron chi connectivity index (χ3n) is 4.43. The number of fused-ring (bicyclic) bond motifs is 2. The fourth-order valence-electron chi connectivity index (χ4n) is 3.23. The Hall–Kier alpha value is -1.35. The summed E-state index contributed by atoms with van der Waals surface area (Å²) in [5, 5.41) is 7.50. The molecule has 2 bridgehead atoms. The maximum Gasteiger partial charge on any atom is 0.171 e. The van der Waals surface area contributed by atoms with E-state index < -0.39 is 0 Å². The molecule has 0 radical (unpaired) electrons. The molecule has 2 aliphatic rings. The van der Waals surface area contributed by atoms with Crippen molar-refractivity contribution in [3.8, 4) is 0 Å². The number of hydrogen-bond donors (Lipinski definition) is 2. The summed E-state index contributed by atoms with van der Waals surface area (Å²) in [6.07, 6.45) is 7.20. The fourth-order valence-corrected chi connectivity index (χ4v) is 3.50. The van der Waals surface area contributed by atoms with E-state index in [0.29, 0.717) is 17.9 Å². The quantitative estimate of drug-likeness (QED) is 0.647. The highest BCUT2D eigenvalue weighted by Gasteiger charge is 2.35. The number of nitrogens with one attached hydrogen (secondary N) is 2. The molecule has 0 saturated heterocycles. The molecule has 0 aromatic heterocycles. The van der Waals surface area contributed by atoms with Crippen molar-refractivity contribution >= 4 is 23.0 Å². The maximum absolute atomic E-state index is 5.43. The molecule has 2 N–H and O–H groups in total. The van der Waals surface area contributed by atoms with Gasteiger partial charge in [0.15, 0.2) is 5.11 Å². The van der Waals surface area contributed by atoms with Crippen LogP contribution in [-0.2, 0) is 0 Å². The molecule has 0 aliphatic heterocycles. The summed E-state index contributed by atoms with van der Waals surface area (Å²) in [6, 6.07) is 9.04. The van der Waals surface area contributed by atoms with E-state index >= 15 is 0 Å². The van der Waals surface area contributed by atoms with E-state index in [9.17, 15) is 0 Å². The average Bonchev–Trinajstić information content (AvgIpc) is 3.01. The van der Waals surface area contributed by atoms with Gasteiger partial charge in [-0.3, -0.25) is 0 Å². The van der Waals surface area contributed by atoms with Gasteiger partial charge in [0.25, 0.3) is 0 Å². The molecule has 3 heteroatoms. The van der Waals surface area contributed by atoms with Crippen molar-refractivity contribution < 1.29 is 0 Å². The van der Waals surface area contributed by atoms with E-state index in [0.717, 1.165) is 16.7 Å². The smallest absolute Gasteiger partial charge is 0.171 e. The first-order valence-electron chi connectivity index (χ1n) is 7.47. The highest BCUT2D eigenvalue weighted by molar-refractivity contribution is 7.80. The van der Waals surface area contributed by atoms with E-state index in [1.807, 2.05) is 0 Å². The summed E-state index contributed by atoms with van der Waals surface area (Å²) in [7, 11) is 0. The van der Waals surface area contributed by atoms with Crippen molar-refractivity contribution in [1.29, 1.82) is 0 Å². The van der Waals surface area contributed by atoms with Crippen LogP contribution < -0.4 is 10.6 Å². The number of thiocarbonyl (C=S) groups is 1. The van der Waals surface area contributed by atoms with Gasteiger partial charge in [-0.2, -0.15) is 0 Å². The summed E-state index contributed by atoms with van der Waals surface area (Å²) in [6.45, 7) is 4.41. The van der Waals surface area contributed by atoms with Gasteiger partial charge >= 0.3 is 0 Å². The van der Waals surface area contributed by atoms with Gasteiger partial charge in [0.1, 0.15) is 0 Å². The normalized spacial score (nSPS) is 27.1. The molecule has 20 heavy (non-hydrogen) atoms. The molecule has 0 spiro atoms. The monoisotopic (exact) mass is 286 g/mol. The molecule has 106 valence electrons. The molecule has 0 amide bonds. The molecule has 2 nitrogen and oxygen atoms in total. The van der Waals surface area contributed by atoms with E-state index in [2.05, 4.69) is 60.9 Å². The van der Waals surface area contributed by atoms with Gasteiger partial charge in [-0.25, -0.2) is 0 Å². The Balaban J connectivity index is 1.55. The lowest BCUT2D eigenvalue weighted by molar-refractivity contribution is 0.526. The molecular weight excluding hydrogens is 264 g/mol. The molecule has 1 aromatic rings. The van der Waals surface area contributed by atoms with Gasteiger partial charge in [0, 0.05) is 11.7 Å². The van der Waals surface area contributed by atoms with Gasteiger partial charge in [-0.05, 0) is 60.5 Å². The van der Waals surface area contributed by atoms with E-state index in [1.54, 1.807) is 0 Å². The molecular formula is C17H22N2S. The highest BCUT2D eigenvalue weighted by atomic mass is 32.1. The van der Waals surface area contributed by atoms with Crippen LogP contribution in [-0.4, -0.2) is 11.2 Å². The van der Waals surface area contributed by atoms with E-state index in [-0.39, 0.29) is 0 Å². The van der Waals surface area contributed by atoms with Crippen molar-refractivity contribution in [2.75, 3.05) is 5.32 Å². The first-order valence-corrected chi connectivity index (χ1v) is 7.88. The second-order valence-corrected chi connectivity index (χ2v) is 6.67. The van der Waals surface area contributed by atoms with Crippen LogP contribution in [0, 0.1) is 11.8 Å². The topological polar surface area (TPSA) is 24.1 Å². The minimum atomic E-state index is 0.514. The van der Waals surface area contributed by atoms with Crippen LogP contribution in [0.5, 0.6) is 0 Å². The second-order valence-electron chi connectivity index (χ2n) is 6.26. The predicted octanol–water partition coefficient (Wildman–Crippen LogP) is 4.06. The minimum absolute atomic E-state index is 0.514. The molecule has 0 heterocycles. The lowest BCUT2D eigenvalue weighted by Gasteiger charge is -2.22. The Bertz CT molecular complexity index is 518. The second kappa shape index (κ2) is 5.57. The third kappa shape index (κ3) is 2.88. The number of anilines is 1. The largest absolute Gasteiger partial charge is 0.359 e. The van der Waals surface area contributed by atoms with Crippen LogP contribution in [0.4, 0.5) is 5.69 Å². The molecule has 2 aliphatic carbocycles. The summed E-state index contributed by atoms with van der Waals surface area (Å²) in [5.74, 6) is 2.00. The minimum Gasteiger partial charge on any atom is -0.359 e. The SMILES string of the molecule is CC(C)c1ccc(NC(=S)N[C@@H]2C[C@@H]3C=C[C@@H]2C3)cc1. The highest BCUT2D eigenvalue weighted by Crippen LogP contribution is 2.38. The molecule has 1 saturated carbocycles. The van der Waals surface area contributed by atoms with Crippen LogP contribution in [0.3, 0.4) is 0 Å². The zero-order valence-corrected chi connectivity index (χ0v) is 12.9. The van der Waals surface area contributed by atoms with Gasteiger partial charge in [0.2, 0.25) is 0 Å². The van der Waals surface area contributed by atoms with Crippen LogP contribution in [0.2, 0.25) is 0 Å². The van der Waals surface area contributed by atoms with Gasteiger partial charge in [0.05, 0.1) is 0 Å². The number of allylic oxidation sites excluding steroid dienone is 1. The number of benzene rings is 1.